The van der Waals surface area contributed by atoms with Crippen LogP contribution in [0.4, 0.5) is 5.69 Å². The van der Waals surface area contributed by atoms with Crippen molar-refractivity contribution in [3.05, 3.63) is 24.3 Å². The maximum absolute atomic E-state index is 12.5. The van der Waals surface area contributed by atoms with Gasteiger partial charge in [0.15, 0.2) is 0 Å². The molecule has 1 atom stereocenters. The van der Waals surface area contributed by atoms with Crippen LogP contribution in [0.1, 0.15) is 39.0 Å². The number of likely N-dealkylation sites (tertiary alicyclic amines) is 1. The normalized spacial score (nSPS) is 21.3. The van der Waals surface area contributed by atoms with Crippen molar-refractivity contribution < 1.29 is 18.0 Å². The number of nitrogens with one attached hydrogen (secondary N) is 2. The number of amides is 2. The lowest BCUT2D eigenvalue weighted by atomic mass is 10.1. The summed E-state index contributed by atoms with van der Waals surface area (Å²) in [5, 5.41) is 2.79. The van der Waals surface area contributed by atoms with E-state index < -0.39 is 10.0 Å². The van der Waals surface area contributed by atoms with Crippen LogP contribution in [0.2, 0.25) is 0 Å². The molecule has 2 amide bonds. The predicted molar refractivity (Wildman–Crippen MR) is 98.0 cm³/mol. The Hall–Kier alpha value is -1.93. The molecule has 1 aliphatic heterocycles. The van der Waals surface area contributed by atoms with Crippen molar-refractivity contribution in [1.29, 1.82) is 0 Å². The van der Waals surface area contributed by atoms with Gasteiger partial charge in [-0.05, 0) is 37.1 Å². The summed E-state index contributed by atoms with van der Waals surface area (Å²) >= 11 is 0. The second-order valence-corrected chi connectivity index (χ2v) is 8.67. The molecule has 1 aromatic carbocycles. The summed E-state index contributed by atoms with van der Waals surface area (Å²) in [5.74, 6) is -0.487. The van der Waals surface area contributed by atoms with Gasteiger partial charge in [-0.2, -0.15) is 0 Å². The summed E-state index contributed by atoms with van der Waals surface area (Å²) in [6, 6.07) is 6.33. The van der Waals surface area contributed by atoms with E-state index in [9.17, 15) is 18.0 Å². The van der Waals surface area contributed by atoms with E-state index >= 15 is 0 Å². The standard InChI is InChI=1S/C18H25N3O4S/c1-2-19-26(24,25)16-9-7-14(8-10-16)20-18(23)13-11-17(22)21(12-13)15-5-3-4-6-15/h7-10,13,15,19H,2-6,11-12H2,1H3,(H,20,23). The molecule has 2 fully saturated rings. The quantitative estimate of drug-likeness (QED) is 0.787. The van der Waals surface area contributed by atoms with Crippen LogP contribution < -0.4 is 10.0 Å². The number of carbonyl (C=O) groups excluding carboxylic acids is 2. The van der Waals surface area contributed by atoms with Crippen LogP contribution in [0.3, 0.4) is 0 Å². The molecule has 1 saturated heterocycles. The minimum atomic E-state index is -3.51. The first-order valence-corrected chi connectivity index (χ1v) is 10.6. The molecule has 0 radical (unpaired) electrons. The first kappa shape index (κ1) is 18.8. The number of anilines is 1. The molecule has 142 valence electrons. The van der Waals surface area contributed by atoms with E-state index in [0.29, 0.717) is 18.8 Å². The average molecular weight is 379 g/mol. The van der Waals surface area contributed by atoms with E-state index in [0.717, 1.165) is 25.7 Å². The Bertz CT molecular complexity index is 770. The lowest BCUT2D eigenvalue weighted by molar-refractivity contribution is -0.129. The van der Waals surface area contributed by atoms with Crippen molar-refractivity contribution in [2.24, 2.45) is 5.92 Å². The van der Waals surface area contributed by atoms with Crippen molar-refractivity contribution in [3.8, 4) is 0 Å². The largest absolute Gasteiger partial charge is 0.339 e. The molecule has 7 nitrogen and oxygen atoms in total. The zero-order valence-electron chi connectivity index (χ0n) is 14.9. The minimum Gasteiger partial charge on any atom is -0.339 e. The Morgan fingerprint density at radius 3 is 2.46 bits per heavy atom. The van der Waals surface area contributed by atoms with Crippen LogP contribution in [0, 0.1) is 5.92 Å². The number of rotatable bonds is 6. The number of nitrogens with zero attached hydrogens (tertiary/aromatic N) is 1. The number of sulfonamides is 1. The van der Waals surface area contributed by atoms with Gasteiger partial charge in [-0.1, -0.05) is 19.8 Å². The Morgan fingerprint density at radius 1 is 1.19 bits per heavy atom. The van der Waals surface area contributed by atoms with Gasteiger partial charge in [0.05, 0.1) is 10.8 Å². The number of carbonyl (C=O) groups is 2. The highest BCUT2D eigenvalue weighted by Crippen LogP contribution is 2.30. The Morgan fingerprint density at radius 2 is 1.85 bits per heavy atom. The summed E-state index contributed by atoms with van der Waals surface area (Å²) in [5.41, 5.74) is 0.525. The SMILES string of the molecule is CCNS(=O)(=O)c1ccc(NC(=O)C2CC(=O)N(C3CCCC3)C2)cc1. The van der Waals surface area contributed by atoms with Gasteiger partial charge in [0, 0.05) is 31.2 Å². The monoisotopic (exact) mass is 379 g/mol. The van der Waals surface area contributed by atoms with E-state index in [-0.39, 0.29) is 35.1 Å². The van der Waals surface area contributed by atoms with Crippen LogP contribution in [0.5, 0.6) is 0 Å². The fraction of sp³-hybridized carbons (Fsp3) is 0.556. The summed E-state index contributed by atoms with van der Waals surface area (Å²) < 4.78 is 26.3. The topological polar surface area (TPSA) is 95.6 Å². The lowest BCUT2D eigenvalue weighted by Gasteiger charge is -2.23. The summed E-state index contributed by atoms with van der Waals surface area (Å²) in [7, 11) is -3.51. The minimum absolute atomic E-state index is 0.0594. The first-order valence-electron chi connectivity index (χ1n) is 9.11. The molecule has 1 unspecified atom stereocenters. The van der Waals surface area contributed by atoms with Gasteiger partial charge in [0.2, 0.25) is 21.8 Å². The van der Waals surface area contributed by atoms with Gasteiger partial charge in [-0.3, -0.25) is 9.59 Å². The maximum Gasteiger partial charge on any atom is 0.240 e. The van der Waals surface area contributed by atoms with Crippen LogP contribution >= 0.6 is 0 Å². The van der Waals surface area contributed by atoms with Gasteiger partial charge < -0.3 is 10.2 Å². The van der Waals surface area contributed by atoms with E-state index in [1.807, 2.05) is 4.90 Å². The molecule has 1 aromatic rings. The van der Waals surface area contributed by atoms with Crippen molar-refractivity contribution in [3.63, 3.8) is 0 Å². The molecule has 1 aliphatic carbocycles. The zero-order chi connectivity index (χ0) is 18.7. The van der Waals surface area contributed by atoms with E-state index in [4.69, 9.17) is 0 Å². The lowest BCUT2D eigenvalue weighted by Crippen LogP contribution is -2.35. The zero-order valence-corrected chi connectivity index (χ0v) is 15.7. The highest BCUT2D eigenvalue weighted by molar-refractivity contribution is 7.89. The molecule has 1 saturated carbocycles. The highest BCUT2D eigenvalue weighted by Gasteiger charge is 2.38. The van der Waals surface area contributed by atoms with Gasteiger partial charge in [0.25, 0.3) is 0 Å². The molecule has 8 heteroatoms. The van der Waals surface area contributed by atoms with Crippen LogP contribution in [-0.4, -0.2) is 44.3 Å². The third-order valence-corrected chi connectivity index (χ3v) is 6.62. The Kier molecular flexibility index (Phi) is 5.62. The van der Waals surface area contributed by atoms with E-state index in [2.05, 4.69) is 10.0 Å². The molecule has 0 aromatic heterocycles. The molecule has 2 N–H and O–H groups in total. The van der Waals surface area contributed by atoms with E-state index in [1.165, 1.54) is 12.1 Å². The fourth-order valence-corrected chi connectivity index (χ4v) is 4.75. The van der Waals surface area contributed by atoms with Crippen LogP contribution in [-0.2, 0) is 19.6 Å². The first-order chi connectivity index (χ1) is 12.4. The maximum atomic E-state index is 12.5. The van der Waals surface area contributed by atoms with Gasteiger partial charge in [-0.25, -0.2) is 13.1 Å². The third kappa shape index (κ3) is 4.07. The predicted octanol–water partition coefficient (Wildman–Crippen LogP) is 1.71. The molecule has 0 bridgehead atoms. The number of benzene rings is 1. The van der Waals surface area contributed by atoms with Crippen molar-refractivity contribution in [2.45, 2.75) is 50.0 Å². The molecule has 3 rings (SSSR count). The summed E-state index contributed by atoms with van der Waals surface area (Å²) in [4.78, 5) is 26.7. The van der Waals surface area contributed by atoms with Crippen molar-refractivity contribution >= 4 is 27.5 Å². The Labute approximate surface area is 154 Å². The van der Waals surface area contributed by atoms with E-state index in [1.54, 1.807) is 19.1 Å². The molecule has 26 heavy (non-hydrogen) atoms. The van der Waals surface area contributed by atoms with Crippen LogP contribution in [0.25, 0.3) is 0 Å². The second-order valence-electron chi connectivity index (χ2n) is 6.90. The summed E-state index contributed by atoms with van der Waals surface area (Å²) in [6.07, 6.45) is 4.60. The molecular formula is C18H25N3O4S. The molecule has 0 spiro atoms. The van der Waals surface area contributed by atoms with Crippen molar-refractivity contribution in [2.75, 3.05) is 18.4 Å². The summed E-state index contributed by atoms with van der Waals surface area (Å²) in [6.45, 7) is 2.50. The third-order valence-electron chi connectivity index (χ3n) is 5.06. The number of hydrogen-bond donors (Lipinski definition) is 2. The van der Waals surface area contributed by atoms with Crippen molar-refractivity contribution in [1.82, 2.24) is 9.62 Å². The molecular weight excluding hydrogens is 354 g/mol. The number of hydrogen-bond acceptors (Lipinski definition) is 4. The second kappa shape index (κ2) is 7.75. The fourth-order valence-electron chi connectivity index (χ4n) is 3.71. The Balaban J connectivity index is 1.60. The smallest absolute Gasteiger partial charge is 0.240 e. The van der Waals surface area contributed by atoms with Gasteiger partial charge in [-0.15, -0.1) is 0 Å². The highest BCUT2D eigenvalue weighted by atomic mass is 32.2. The average Bonchev–Trinajstić information content (AvgIpc) is 3.24. The van der Waals surface area contributed by atoms with Gasteiger partial charge >= 0.3 is 0 Å². The van der Waals surface area contributed by atoms with Gasteiger partial charge in [0.1, 0.15) is 0 Å². The molecule has 2 aliphatic rings. The molecule has 1 heterocycles. The van der Waals surface area contributed by atoms with Crippen LogP contribution in [0.15, 0.2) is 29.2 Å².